The first-order chi connectivity index (χ1) is 10.3. The Morgan fingerprint density at radius 3 is 2.81 bits per heavy atom. The number of amides is 2. The molecule has 1 aromatic heterocycles. The molecule has 1 heterocycles. The number of hydrogen-bond acceptors (Lipinski definition) is 2. The van der Waals surface area contributed by atoms with E-state index in [0.717, 1.165) is 30.2 Å². The maximum atomic E-state index is 12.1. The number of allylic oxidation sites excluding steroid dienone is 2. The molecule has 2 aromatic rings. The molecule has 1 aliphatic carbocycles. The van der Waals surface area contributed by atoms with Gasteiger partial charge in [0.15, 0.2) is 0 Å². The molecule has 0 bridgehead atoms. The lowest BCUT2D eigenvalue weighted by Crippen LogP contribution is -2.44. The minimum Gasteiger partial charge on any atom is -0.360 e. The maximum Gasteiger partial charge on any atom is 0.271 e. The van der Waals surface area contributed by atoms with Crippen LogP contribution in [0.2, 0.25) is 0 Å². The first kappa shape index (κ1) is 13.4. The van der Waals surface area contributed by atoms with Crippen molar-refractivity contribution in [2.45, 2.75) is 19.3 Å². The summed E-state index contributed by atoms with van der Waals surface area (Å²) in [5, 5.41) is 0.838. The largest absolute Gasteiger partial charge is 0.360 e. The fourth-order valence-corrected chi connectivity index (χ4v) is 2.58. The van der Waals surface area contributed by atoms with Gasteiger partial charge in [-0.05, 0) is 25.3 Å². The van der Waals surface area contributed by atoms with Crippen molar-refractivity contribution in [3.8, 4) is 0 Å². The number of nitrogens with one attached hydrogen (secondary N) is 3. The lowest BCUT2D eigenvalue weighted by atomic mass is 9.94. The van der Waals surface area contributed by atoms with Crippen molar-refractivity contribution in [3.05, 3.63) is 48.2 Å². The monoisotopic (exact) mass is 283 g/mol. The average Bonchev–Trinajstić information content (AvgIpc) is 2.97. The molecule has 1 aromatic carbocycles. The van der Waals surface area contributed by atoms with E-state index in [2.05, 4.69) is 21.9 Å². The summed E-state index contributed by atoms with van der Waals surface area (Å²) in [7, 11) is 0. The molecule has 0 unspecified atom stereocenters. The van der Waals surface area contributed by atoms with Crippen molar-refractivity contribution >= 4 is 22.7 Å². The van der Waals surface area contributed by atoms with Gasteiger partial charge < -0.3 is 4.98 Å². The quantitative estimate of drug-likeness (QED) is 0.584. The third kappa shape index (κ3) is 2.81. The third-order valence-corrected chi connectivity index (χ3v) is 3.77. The predicted octanol–water partition coefficient (Wildman–Crippen LogP) is 2.29. The molecule has 5 heteroatoms. The Morgan fingerprint density at radius 2 is 2.00 bits per heavy atom. The highest BCUT2D eigenvalue weighted by molar-refractivity contribution is 6.07. The Bertz CT molecular complexity index is 702. The van der Waals surface area contributed by atoms with Crippen molar-refractivity contribution < 1.29 is 9.59 Å². The van der Waals surface area contributed by atoms with Crippen LogP contribution >= 0.6 is 0 Å². The summed E-state index contributed by atoms with van der Waals surface area (Å²) < 4.78 is 0. The van der Waals surface area contributed by atoms with Gasteiger partial charge in [0, 0.05) is 23.0 Å². The van der Waals surface area contributed by atoms with Crippen LogP contribution in [0.5, 0.6) is 0 Å². The number of aromatic nitrogens is 1. The highest BCUT2D eigenvalue weighted by Crippen LogP contribution is 2.18. The third-order valence-electron chi connectivity index (χ3n) is 3.77. The molecule has 0 saturated carbocycles. The molecule has 0 fully saturated rings. The molecule has 0 aliphatic heterocycles. The van der Waals surface area contributed by atoms with Gasteiger partial charge in [-0.15, -0.1) is 0 Å². The van der Waals surface area contributed by atoms with Gasteiger partial charge in [0.25, 0.3) is 5.91 Å². The lowest BCUT2D eigenvalue weighted by molar-refractivity contribution is -0.126. The molecule has 0 radical (unpaired) electrons. The zero-order valence-electron chi connectivity index (χ0n) is 11.6. The molecular formula is C16H17N3O2. The van der Waals surface area contributed by atoms with Gasteiger partial charge in [-0.1, -0.05) is 30.4 Å². The highest BCUT2D eigenvalue weighted by Gasteiger charge is 2.19. The fourth-order valence-electron chi connectivity index (χ4n) is 2.58. The van der Waals surface area contributed by atoms with E-state index >= 15 is 0 Å². The van der Waals surface area contributed by atoms with E-state index in [4.69, 9.17) is 0 Å². The standard InChI is InChI=1S/C16H17N3O2/c20-15(11-6-2-1-3-7-11)18-19-16(21)13-10-17-14-9-5-4-8-12(13)14/h1-2,4-5,8-11,17H,3,6-7H2,(H,18,20)(H,19,21)/t11-/m0/s1. The van der Waals surface area contributed by atoms with E-state index in [0.29, 0.717) is 5.56 Å². The number of hydrogen-bond donors (Lipinski definition) is 3. The van der Waals surface area contributed by atoms with Crippen molar-refractivity contribution in [2.24, 2.45) is 5.92 Å². The van der Waals surface area contributed by atoms with Gasteiger partial charge in [-0.3, -0.25) is 20.4 Å². The Kier molecular flexibility index (Phi) is 3.73. The summed E-state index contributed by atoms with van der Waals surface area (Å²) in [6.07, 6.45) is 8.20. The summed E-state index contributed by atoms with van der Waals surface area (Å²) in [6, 6.07) is 7.55. The molecule has 2 amide bonds. The molecule has 3 rings (SSSR count). The summed E-state index contributed by atoms with van der Waals surface area (Å²) >= 11 is 0. The van der Waals surface area contributed by atoms with Crippen LogP contribution in [0.3, 0.4) is 0 Å². The van der Waals surface area contributed by atoms with Crippen LogP contribution in [0.4, 0.5) is 0 Å². The van der Waals surface area contributed by atoms with Crippen molar-refractivity contribution in [1.82, 2.24) is 15.8 Å². The van der Waals surface area contributed by atoms with Crippen LogP contribution < -0.4 is 10.9 Å². The predicted molar refractivity (Wildman–Crippen MR) is 80.4 cm³/mol. The van der Waals surface area contributed by atoms with E-state index in [1.165, 1.54) is 0 Å². The summed E-state index contributed by atoms with van der Waals surface area (Å²) in [5.41, 5.74) is 6.43. The molecule has 3 N–H and O–H groups in total. The first-order valence-electron chi connectivity index (χ1n) is 7.07. The second-order valence-corrected chi connectivity index (χ2v) is 5.17. The molecule has 1 atom stereocenters. The highest BCUT2D eigenvalue weighted by atomic mass is 16.2. The number of hydrazine groups is 1. The van der Waals surface area contributed by atoms with Crippen LogP contribution in [0.15, 0.2) is 42.6 Å². The molecule has 5 nitrogen and oxygen atoms in total. The minimum absolute atomic E-state index is 0.0572. The van der Waals surface area contributed by atoms with E-state index in [9.17, 15) is 9.59 Å². The summed E-state index contributed by atoms with van der Waals surface area (Å²) in [5.74, 6) is -0.502. The number of H-pyrrole nitrogens is 1. The van der Waals surface area contributed by atoms with Crippen LogP contribution in [0.1, 0.15) is 29.6 Å². The van der Waals surface area contributed by atoms with Gasteiger partial charge in [0.05, 0.1) is 5.56 Å². The number of para-hydroxylation sites is 1. The smallest absolute Gasteiger partial charge is 0.271 e. The second-order valence-electron chi connectivity index (χ2n) is 5.17. The van der Waals surface area contributed by atoms with Crippen LogP contribution in [-0.4, -0.2) is 16.8 Å². The molecule has 21 heavy (non-hydrogen) atoms. The van der Waals surface area contributed by atoms with Gasteiger partial charge in [-0.25, -0.2) is 0 Å². The van der Waals surface area contributed by atoms with Gasteiger partial charge >= 0.3 is 0 Å². The second kappa shape index (κ2) is 5.83. The Morgan fingerprint density at radius 1 is 1.14 bits per heavy atom. The zero-order chi connectivity index (χ0) is 14.7. The Hall–Kier alpha value is -2.56. The SMILES string of the molecule is O=C(NNC(=O)[C@H]1CC=CCC1)c1c[nH]c2ccccc12. The molecule has 108 valence electrons. The zero-order valence-corrected chi connectivity index (χ0v) is 11.6. The number of carbonyl (C=O) groups is 2. The number of carbonyl (C=O) groups excluding carboxylic acids is 2. The van der Waals surface area contributed by atoms with Gasteiger partial charge in [0.1, 0.15) is 0 Å². The van der Waals surface area contributed by atoms with E-state index in [1.54, 1.807) is 6.20 Å². The van der Waals surface area contributed by atoms with E-state index in [1.807, 2.05) is 30.3 Å². The van der Waals surface area contributed by atoms with Gasteiger partial charge in [-0.2, -0.15) is 0 Å². The summed E-state index contributed by atoms with van der Waals surface area (Å²) in [6.45, 7) is 0. The average molecular weight is 283 g/mol. The lowest BCUT2D eigenvalue weighted by Gasteiger charge is -2.17. The van der Waals surface area contributed by atoms with Gasteiger partial charge in [0.2, 0.25) is 5.91 Å². The topological polar surface area (TPSA) is 74.0 Å². The number of rotatable bonds is 2. The minimum atomic E-state index is -0.313. The normalized spacial score (nSPS) is 17.6. The fraction of sp³-hybridized carbons (Fsp3) is 0.250. The molecule has 1 aliphatic rings. The molecular weight excluding hydrogens is 266 g/mol. The number of fused-ring (bicyclic) bond motifs is 1. The first-order valence-corrected chi connectivity index (χ1v) is 7.07. The van der Waals surface area contributed by atoms with Crippen LogP contribution in [0.25, 0.3) is 10.9 Å². The van der Waals surface area contributed by atoms with E-state index < -0.39 is 0 Å². The van der Waals surface area contributed by atoms with Crippen molar-refractivity contribution in [2.75, 3.05) is 0 Å². The Balaban J connectivity index is 1.64. The number of aromatic amines is 1. The van der Waals surface area contributed by atoms with Crippen LogP contribution in [-0.2, 0) is 4.79 Å². The van der Waals surface area contributed by atoms with Crippen LogP contribution in [0, 0.1) is 5.92 Å². The molecule has 0 spiro atoms. The van der Waals surface area contributed by atoms with Crippen molar-refractivity contribution in [1.29, 1.82) is 0 Å². The number of benzene rings is 1. The Labute approximate surface area is 122 Å². The van der Waals surface area contributed by atoms with E-state index in [-0.39, 0.29) is 17.7 Å². The molecule has 0 saturated heterocycles. The van der Waals surface area contributed by atoms with Crippen molar-refractivity contribution in [3.63, 3.8) is 0 Å². The maximum absolute atomic E-state index is 12.1. The summed E-state index contributed by atoms with van der Waals surface area (Å²) in [4.78, 5) is 27.2.